The Hall–Kier alpha value is -3.44. The number of pyridine rings is 1. The summed E-state index contributed by atoms with van der Waals surface area (Å²) >= 11 is 6.18. The second-order valence-electron chi connectivity index (χ2n) is 6.33. The molecule has 0 aliphatic carbocycles. The summed E-state index contributed by atoms with van der Waals surface area (Å²) in [5.41, 5.74) is 4.23. The number of amides is 1. The van der Waals surface area contributed by atoms with E-state index in [9.17, 15) is 4.79 Å². The van der Waals surface area contributed by atoms with E-state index in [1.807, 2.05) is 61.5 Å². The zero-order valence-electron chi connectivity index (χ0n) is 15.1. The topological polar surface area (TPSA) is 59.8 Å². The first kappa shape index (κ1) is 17.9. The molecule has 6 heteroatoms. The van der Waals surface area contributed by atoms with E-state index in [1.165, 1.54) is 0 Å². The van der Waals surface area contributed by atoms with Crippen molar-refractivity contribution in [2.75, 3.05) is 5.32 Å². The third-order valence-corrected chi connectivity index (χ3v) is 4.75. The molecule has 4 rings (SSSR count). The van der Waals surface area contributed by atoms with E-state index in [0.717, 1.165) is 16.8 Å². The van der Waals surface area contributed by atoms with Gasteiger partial charge in [0.1, 0.15) is 5.69 Å². The molecule has 2 aromatic carbocycles. The van der Waals surface area contributed by atoms with Gasteiger partial charge in [-0.3, -0.25) is 9.78 Å². The molecular weight excluding hydrogens is 372 g/mol. The van der Waals surface area contributed by atoms with Crippen molar-refractivity contribution >= 4 is 23.2 Å². The van der Waals surface area contributed by atoms with Gasteiger partial charge in [-0.25, -0.2) is 4.68 Å². The maximum absolute atomic E-state index is 13.0. The molecule has 0 aliphatic heterocycles. The molecule has 0 aliphatic rings. The third-order valence-electron chi connectivity index (χ3n) is 4.34. The zero-order chi connectivity index (χ0) is 19.5. The lowest BCUT2D eigenvalue weighted by Crippen LogP contribution is -2.12. The van der Waals surface area contributed by atoms with Crippen LogP contribution in [0.15, 0.2) is 79.3 Å². The Morgan fingerprint density at radius 3 is 2.61 bits per heavy atom. The molecule has 138 valence electrons. The number of aryl methyl sites for hydroxylation is 1. The molecule has 28 heavy (non-hydrogen) atoms. The van der Waals surface area contributed by atoms with Gasteiger partial charge in [0, 0.05) is 34.9 Å². The van der Waals surface area contributed by atoms with Crippen LogP contribution in [0.3, 0.4) is 0 Å². The number of aromatic nitrogens is 3. The van der Waals surface area contributed by atoms with Gasteiger partial charge in [0.25, 0.3) is 5.91 Å². The summed E-state index contributed by atoms with van der Waals surface area (Å²) in [6.07, 6.45) is 5.10. The average Bonchev–Trinajstić information content (AvgIpc) is 3.18. The molecule has 2 heterocycles. The van der Waals surface area contributed by atoms with Crippen molar-refractivity contribution in [2.45, 2.75) is 6.92 Å². The molecule has 0 saturated carbocycles. The Morgan fingerprint density at radius 2 is 1.89 bits per heavy atom. The van der Waals surface area contributed by atoms with Crippen molar-refractivity contribution < 1.29 is 4.79 Å². The highest BCUT2D eigenvalue weighted by atomic mass is 35.5. The third kappa shape index (κ3) is 3.66. The van der Waals surface area contributed by atoms with Crippen molar-refractivity contribution in [2.24, 2.45) is 0 Å². The minimum Gasteiger partial charge on any atom is -0.322 e. The van der Waals surface area contributed by atoms with Gasteiger partial charge >= 0.3 is 0 Å². The number of anilines is 1. The quantitative estimate of drug-likeness (QED) is 0.526. The number of nitrogens with one attached hydrogen (secondary N) is 1. The predicted molar refractivity (Wildman–Crippen MR) is 111 cm³/mol. The molecular formula is C22H17ClN4O. The van der Waals surface area contributed by atoms with Gasteiger partial charge in [-0.1, -0.05) is 35.9 Å². The molecule has 0 bridgehead atoms. The number of carbonyl (C=O) groups is 1. The van der Waals surface area contributed by atoms with Crippen LogP contribution in [-0.2, 0) is 0 Å². The van der Waals surface area contributed by atoms with Crippen LogP contribution in [0.1, 0.15) is 15.9 Å². The SMILES string of the molecule is Cc1ccc(NC(=O)c2cn(-c3ccccc3)nc2-c2cccnc2)cc1Cl. The van der Waals surface area contributed by atoms with Gasteiger partial charge in [0.2, 0.25) is 0 Å². The first-order valence-corrected chi connectivity index (χ1v) is 9.12. The fourth-order valence-corrected chi connectivity index (χ4v) is 3.02. The largest absolute Gasteiger partial charge is 0.322 e. The van der Waals surface area contributed by atoms with Crippen molar-refractivity contribution in [3.63, 3.8) is 0 Å². The van der Waals surface area contributed by atoms with E-state index in [4.69, 9.17) is 11.6 Å². The van der Waals surface area contributed by atoms with Crippen molar-refractivity contribution in [3.05, 3.63) is 95.4 Å². The second kappa shape index (κ2) is 7.66. The summed E-state index contributed by atoms with van der Waals surface area (Å²) in [4.78, 5) is 17.2. The van der Waals surface area contributed by atoms with E-state index >= 15 is 0 Å². The van der Waals surface area contributed by atoms with Gasteiger partial charge in [0.15, 0.2) is 0 Å². The Balaban J connectivity index is 1.75. The number of rotatable bonds is 4. The summed E-state index contributed by atoms with van der Waals surface area (Å²) < 4.78 is 1.69. The first-order chi connectivity index (χ1) is 13.6. The summed E-state index contributed by atoms with van der Waals surface area (Å²) in [7, 11) is 0. The predicted octanol–water partition coefficient (Wildman–Crippen LogP) is 5.15. The molecule has 0 spiro atoms. The lowest BCUT2D eigenvalue weighted by Gasteiger charge is -2.07. The maximum Gasteiger partial charge on any atom is 0.259 e. The van der Waals surface area contributed by atoms with E-state index < -0.39 is 0 Å². The van der Waals surface area contributed by atoms with Gasteiger partial charge in [-0.15, -0.1) is 0 Å². The minimum atomic E-state index is -0.263. The number of hydrogen-bond acceptors (Lipinski definition) is 3. The number of nitrogens with zero attached hydrogens (tertiary/aromatic N) is 3. The Labute approximate surface area is 167 Å². The van der Waals surface area contributed by atoms with Gasteiger partial charge in [-0.2, -0.15) is 5.10 Å². The van der Waals surface area contributed by atoms with Crippen LogP contribution in [0.4, 0.5) is 5.69 Å². The normalized spacial score (nSPS) is 10.6. The van der Waals surface area contributed by atoms with E-state index in [0.29, 0.717) is 22.0 Å². The van der Waals surface area contributed by atoms with Crippen LogP contribution in [0.2, 0.25) is 5.02 Å². The Bertz CT molecular complexity index is 1120. The molecule has 0 atom stereocenters. The summed E-state index contributed by atoms with van der Waals surface area (Å²) in [5, 5.41) is 8.14. The number of para-hydroxylation sites is 1. The molecule has 0 unspecified atom stereocenters. The number of benzene rings is 2. The minimum absolute atomic E-state index is 0.263. The van der Waals surface area contributed by atoms with Crippen molar-refractivity contribution in [3.8, 4) is 16.9 Å². The maximum atomic E-state index is 13.0. The molecule has 2 aromatic heterocycles. The lowest BCUT2D eigenvalue weighted by atomic mass is 10.1. The molecule has 5 nitrogen and oxygen atoms in total. The summed E-state index contributed by atoms with van der Waals surface area (Å²) in [6.45, 7) is 1.92. The summed E-state index contributed by atoms with van der Waals surface area (Å²) in [5.74, 6) is -0.263. The number of halogens is 1. The average molecular weight is 389 g/mol. The van der Waals surface area contributed by atoms with Crippen molar-refractivity contribution in [1.29, 1.82) is 0 Å². The Morgan fingerprint density at radius 1 is 1.07 bits per heavy atom. The fraction of sp³-hybridized carbons (Fsp3) is 0.0455. The first-order valence-electron chi connectivity index (χ1n) is 8.75. The van der Waals surface area contributed by atoms with Gasteiger partial charge in [-0.05, 0) is 48.9 Å². The number of carbonyl (C=O) groups excluding carboxylic acids is 1. The van der Waals surface area contributed by atoms with Crippen LogP contribution in [-0.4, -0.2) is 20.7 Å². The molecule has 1 amide bonds. The fourth-order valence-electron chi connectivity index (χ4n) is 2.84. The van der Waals surface area contributed by atoms with Gasteiger partial charge in [0.05, 0.1) is 11.3 Å². The lowest BCUT2D eigenvalue weighted by molar-refractivity contribution is 0.102. The molecule has 0 saturated heterocycles. The smallest absolute Gasteiger partial charge is 0.259 e. The molecule has 0 radical (unpaired) electrons. The monoisotopic (exact) mass is 388 g/mol. The molecule has 4 aromatic rings. The molecule has 1 N–H and O–H groups in total. The molecule has 0 fully saturated rings. The second-order valence-corrected chi connectivity index (χ2v) is 6.74. The van der Waals surface area contributed by atoms with E-state index in [2.05, 4.69) is 15.4 Å². The van der Waals surface area contributed by atoms with Gasteiger partial charge < -0.3 is 5.32 Å². The van der Waals surface area contributed by atoms with E-state index in [1.54, 1.807) is 29.3 Å². The van der Waals surface area contributed by atoms with Crippen LogP contribution in [0.5, 0.6) is 0 Å². The van der Waals surface area contributed by atoms with Crippen LogP contribution in [0.25, 0.3) is 16.9 Å². The zero-order valence-corrected chi connectivity index (χ0v) is 15.9. The highest BCUT2D eigenvalue weighted by Gasteiger charge is 2.19. The van der Waals surface area contributed by atoms with E-state index in [-0.39, 0.29) is 5.91 Å². The summed E-state index contributed by atoms with van der Waals surface area (Å²) in [6, 6.07) is 18.8. The highest BCUT2D eigenvalue weighted by molar-refractivity contribution is 6.31. The van der Waals surface area contributed by atoms with Crippen molar-refractivity contribution in [1.82, 2.24) is 14.8 Å². The van der Waals surface area contributed by atoms with Crippen LogP contribution >= 0.6 is 11.6 Å². The Kier molecular flexibility index (Phi) is 4.91. The number of hydrogen-bond donors (Lipinski definition) is 1. The van der Waals surface area contributed by atoms with Crippen LogP contribution < -0.4 is 5.32 Å². The van der Waals surface area contributed by atoms with Crippen LogP contribution in [0, 0.1) is 6.92 Å². The highest BCUT2D eigenvalue weighted by Crippen LogP contribution is 2.25. The standard InChI is InChI=1S/C22H17ClN4O/c1-15-9-10-17(12-20(15)23)25-22(28)19-14-27(18-7-3-2-4-8-18)26-21(19)16-6-5-11-24-13-16/h2-14H,1H3,(H,25,28).